The Morgan fingerprint density at radius 1 is 0.762 bits per heavy atom. The molecule has 0 amide bonds. The maximum Gasteiger partial charge on any atom is 0.0596 e. The van der Waals surface area contributed by atoms with Crippen molar-refractivity contribution in [2.45, 2.75) is 83.8 Å². The van der Waals surface area contributed by atoms with Crippen LogP contribution in [0.1, 0.15) is 71.6 Å². The van der Waals surface area contributed by atoms with Crippen LogP contribution in [0.5, 0.6) is 0 Å². The standard InChI is InChI=1S/C19H32O2/c1-18-9-7-13(20)11-12(18)3-4-14-15-5-6-17(21)19(15,2)10-8-16(14)18/h12-17,20-21H,3-11H2,1-2H3/t12-,13+,14-,15+,16-,17-,18+,19+/m0/s1. The molecule has 21 heavy (non-hydrogen) atoms. The van der Waals surface area contributed by atoms with E-state index < -0.39 is 0 Å². The molecule has 0 spiro atoms. The van der Waals surface area contributed by atoms with Gasteiger partial charge in [-0.15, -0.1) is 0 Å². The summed E-state index contributed by atoms with van der Waals surface area (Å²) in [6, 6.07) is 0. The van der Waals surface area contributed by atoms with Gasteiger partial charge < -0.3 is 10.2 Å². The van der Waals surface area contributed by atoms with Crippen molar-refractivity contribution >= 4 is 0 Å². The summed E-state index contributed by atoms with van der Waals surface area (Å²) in [6.45, 7) is 4.90. The highest BCUT2D eigenvalue weighted by molar-refractivity contribution is 5.09. The Balaban J connectivity index is 1.62. The van der Waals surface area contributed by atoms with Crippen molar-refractivity contribution < 1.29 is 10.2 Å². The highest BCUT2D eigenvalue weighted by Gasteiger charge is 2.59. The van der Waals surface area contributed by atoms with Crippen molar-refractivity contribution in [3.8, 4) is 0 Å². The Hall–Kier alpha value is -0.0800. The van der Waals surface area contributed by atoms with Gasteiger partial charge in [0, 0.05) is 0 Å². The summed E-state index contributed by atoms with van der Waals surface area (Å²) in [7, 11) is 0. The smallest absolute Gasteiger partial charge is 0.0596 e. The van der Waals surface area contributed by atoms with Crippen LogP contribution in [0.2, 0.25) is 0 Å². The number of aliphatic hydroxyl groups is 2. The summed E-state index contributed by atoms with van der Waals surface area (Å²) in [4.78, 5) is 0. The molecule has 4 aliphatic rings. The average Bonchev–Trinajstić information content (AvgIpc) is 2.76. The molecule has 0 aliphatic heterocycles. The second kappa shape index (κ2) is 4.71. The van der Waals surface area contributed by atoms with E-state index >= 15 is 0 Å². The van der Waals surface area contributed by atoms with Gasteiger partial charge in [-0.2, -0.15) is 0 Å². The zero-order valence-corrected chi connectivity index (χ0v) is 13.7. The second-order valence-corrected chi connectivity index (χ2v) is 9.22. The minimum absolute atomic E-state index is 0.0400. The zero-order chi connectivity index (χ0) is 14.8. The number of hydrogen-bond acceptors (Lipinski definition) is 2. The second-order valence-electron chi connectivity index (χ2n) is 9.22. The minimum Gasteiger partial charge on any atom is -0.393 e. The van der Waals surface area contributed by atoms with E-state index in [1.165, 1.54) is 38.5 Å². The van der Waals surface area contributed by atoms with Crippen LogP contribution in [0, 0.1) is 34.5 Å². The van der Waals surface area contributed by atoms with Crippen LogP contribution in [0.3, 0.4) is 0 Å². The lowest BCUT2D eigenvalue weighted by molar-refractivity contribution is -0.133. The molecule has 0 aromatic rings. The van der Waals surface area contributed by atoms with Gasteiger partial charge in [0.2, 0.25) is 0 Å². The van der Waals surface area contributed by atoms with Crippen LogP contribution >= 0.6 is 0 Å². The predicted octanol–water partition coefficient (Wildman–Crippen LogP) is 3.75. The lowest BCUT2D eigenvalue weighted by Gasteiger charge is -2.60. The van der Waals surface area contributed by atoms with E-state index in [2.05, 4.69) is 13.8 Å². The Labute approximate surface area is 129 Å². The van der Waals surface area contributed by atoms with E-state index in [0.29, 0.717) is 5.41 Å². The van der Waals surface area contributed by atoms with E-state index in [-0.39, 0.29) is 17.6 Å². The highest BCUT2D eigenvalue weighted by Crippen LogP contribution is 2.66. The molecule has 4 fully saturated rings. The van der Waals surface area contributed by atoms with Gasteiger partial charge in [-0.05, 0) is 92.3 Å². The topological polar surface area (TPSA) is 40.5 Å². The largest absolute Gasteiger partial charge is 0.393 e. The molecule has 0 unspecified atom stereocenters. The van der Waals surface area contributed by atoms with E-state index in [0.717, 1.165) is 42.9 Å². The van der Waals surface area contributed by atoms with Crippen LogP contribution in [0.25, 0.3) is 0 Å². The number of rotatable bonds is 0. The summed E-state index contributed by atoms with van der Waals surface area (Å²) >= 11 is 0. The first-order chi connectivity index (χ1) is 9.95. The van der Waals surface area contributed by atoms with Gasteiger partial charge in [0.1, 0.15) is 0 Å². The van der Waals surface area contributed by atoms with Gasteiger partial charge in [0.15, 0.2) is 0 Å². The summed E-state index contributed by atoms with van der Waals surface area (Å²) in [5.41, 5.74) is 0.676. The van der Waals surface area contributed by atoms with E-state index in [1.54, 1.807) is 0 Å². The van der Waals surface area contributed by atoms with Crippen LogP contribution in [0.4, 0.5) is 0 Å². The first kappa shape index (κ1) is 14.5. The molecule has 0 saturated heterocycles. The SMILES string of the molecule is C[C@@]12CC[C@H]3[C@@H](CC[C@H]4C[C@H](O)CC[C@]43C)[C@H]1CC[C@@H]2O. The van der Waals surface area contributed by atoms with Gasteiger partial charge in [0.25, 0.3) is 0 Å². The highest BCUT2D eigenvalue weighted by atomic mass is 16.3. The lowest BCUT2D eigenvalue weighted by Crippen LogP contribution is -2.54. The lowest BCUT2D eigenvalue weighted by atomic mass is 9.45. The average molecular weight is 292 g/mol. The molecule has 0 radical (unpaired) electrons. The molecule has 0 aromatic carbocycles. The number of fused-ring (bicyclic) bond motifs is 5. The maximum absolute atomic E-state index is 10.5. The molecule has 120 valence electrons. The Morgan fingerprint density at radius 3 is 2.29 bits per heavy atom. The monoisotopic (exact) mass is 292 g/mol. The van der Waals surface area contributed by atoms with Gasteiger partial charge in [-0.25, -0.2) is 0 Å². The van der Waals surface area contributed by atoms with E-state index in [1.807, 2.05) is 0 Å². The molecular weight excluding hydrogens is 260 g/mol. The third kappa shape index (κ3) is 1.91. The Kier molecular flexibility index (Phi) is 3.25. The molecule has 8 atom stereocenters. The summed E-state index contributed by atoms with van der Waals surface area (Å²) in [5.74, 6) is 3.21. The van der Waals surface area contributed by atoms with E-state index in [4.69, 9.17) is 0 Å². The fraction of sp³-hybridized carbons (Fsp3) is 1.00. The van der Waals surface area contributed by atoms with Crippen molar-refractivity contribution in [2.75, 3.05) is 0 Å². The predicted molar refractivity (Wildman–Crippen MR) is 83.7 cm³/mol. The Morgan fingerprint density at radius 2 is 1.48 bits per heavy atom. The fourth-order valence-electron chi connectivity index (χ4n) is 7.21. The summed E-state index contributed by atoms with van der Waals surface area (Å²) in [5, 5.41) is 20.5. The third-order valence-electron chi connectivity index (χ3n) is 8.59. The van der Waals surface area contributed by atoms with Crippen LogP contribution in [0.15, 0.2) is 0 Å². The molecular formula is C19H32O2. The minimum atomic E-state index is -0.0536. The molecule has 4 saturated carbocycles. The third-order valence-corrected chi connectivity index (χ3v) is 8.59. The van der Waals surface area contributed by atoms with Gasteiger partial charge in [-0.1, -0.05) is 13.8 Å². The van der Waals surface area contributed by atoms with Crippen molar-refractivity contribution in [2.24, 2.45) is 34.5 Å². The van der Waals surface area contributed by atoms with Crippen molar-refractivity contribution in [3.05, 3.63) is 0 Å². The van der Waals surface area contributed by atoms with Crippen LogP contribution in [-0.2, 0) is 0 Å². The van der Waals surface area contributed by atoms with Crippen molar-refractivity contribution in [1.29, 1.82) is 0 Å². The molecule has 0 bridgehead atoms. The number of hydrogen-bond donors (Lipinski definition) is 2. The van der Waals surface area contributed by atoms with Crippen molar-refractivity contribution in [3.63, 3.8) is 0 Å². The molecule has 2 heteroatoms. The normalized spacial score (nSPS) is 60.0. The van der Waals surface area contributed by atoms with E-state index in [9.17, 15) is 10.2 Å². The Bertz CT molecular complexity index is 422. The number of aliphatic hydroxyl groups excluding tert-OH is 2. The maximum atomic E-state index is 10.5. The molecule has 2 nitrogen and oxygen atoms in total. The summed E-state index contributed by atoms with van der Waals surface area (Å²) in [6.07, 6.45) is 10.7. The molecule has 2 N–H and O–H groups in total. The molecule has 0 aromatic heterocycles. The first-order valence-corrected chi connectivity index (χ1v) is 9.31. The van der Waals surface area contributed by atoms with Crippen molar-refractivity contribution in [1.82, 2.24) is 0 Å². The first-order valence-electron chi connectivity index (χ1n) is 9.31. The fourth-order valence-corrected chi connectivity index (χ4v) is 7.21. The zero-order valence-electron chi connectivity index (χ0n) is 13.7. The molecule has 4 rings (SSSR count). The van der Waals surface area contributed by atoms with Gasteiger partial charge >= 0.3 is 0 Å². The van der Waals surface area contributed by atoms with Crippen LogP contribution in [-0.4, -0.2) is 22.4 Å². The quantitative estimate of drug-likeness (QED) is 0.714. The van der Waals surface area contributed by atoms with Gasteiger partial charge in [-0.3, -0.25) is 0 Å². The molecule has 0 heterocycles. The van der Waals surface area contributed by atoms with Crippen LogP contribution < -0.4 is 0 Å². The van der Waals surface area contributed by atoms with Gasteiger partial charge in [0.05, 0.1) is 12.2 Å². The summed E-state index contributed by atoms with van der Waals surface area (Å²) < 4.78 is 0. The molecule has 4 aliphatic carbocycles.